The molecule has 0 atom stereocenters. The molecule has 0 aliphatic heterocycles. The molecule has 1 N–H and O–H groups in total. The Kier molecular flexibility index (Phi) is 4.14. The van der Waals surface area contributed by atoms with Crippen LogP contribution in [-0.4, -0.2) is 30.9 Å². The summed E-state index contributed by atoms with van der Waals surface area (Å²) in [7, 11) is 5.61. The number of halogens is 1. The standard InChI is InChI=1S/C6H11ClN2/c1-8-5-4-6(7)9(2)3/h4-5H,1-3H3/p+1. The molecule has 0 aromatic heterocycles. The molecule has 0 radical (unpaired) electrons. The van der Waals surface area contributed by atoms with Crippen molar-refractivity contribution >= 4 is 16.8 Å². The van der Waals surface area contributed by atoms with Crippen LogP contribution in [0.15, 0.2) is 12.3 Å². The minimum Gasteiger partial charge on any atom is -0.394 e. The van der Waals surface area contributed by atoms with Gasteiger partial charge in [0, 0.05) is 19.3 Å². The van der Waals surface area contributed by atoms with E-state index in [0.717, 1.165) is 0 Å². The van der Waals surface area contributed by atoms with Crippen molar-refractivity contribution in [2.75, 3.05) is 21.1 Å². The summed E-state index contributed by atoms with van der Waals surface area (Å²) in [6, 6.07) is 0. The fraction of sp³-hybridized carbons (Fsp3) is 0.500. The first-order valence-corrected chi connectivity index (χ1v) is 3.10. The van der Waals surface area contributed by atoms with Gasteiger partial charge in [0.05, 0.1) is 0 Å². The Morgan fingerprint density at radius 3 is 2.44 bits per heavy atom. The molecule has 0 aliphatic rings. The molecule has 0 saturated heterocycles. The molecule has 0 bridgehead atoms. The molecule has 0 spiro atoms. The number of rotatable bonds is 2. The average molecular weight is 148 g/mol. The zero-order chi connectivity index (χ0) is 7.28. The molecule has 0 fully saturated rings. The van der Waals surface area contributed by atoms with Crippen LogP contribution in [-0.2, 0) is 0 Å². The van der Waals surface area contributed by atoms with Crippen molar-refractivity contribution in [1.82, 2.24) is 5.32 Å². The number of hydrogen-bond donors (Lipinski definition) is 1. The number of nitrogens with zero attached hydrogens (tertiary/aromatic N) is 1. The van der Waals surface area contributed by atoms with E-state index < -0.39 is 0 Å². The van der Waals surface area contributed by atoms with Gasteiger partial charge in [-0.15, -0.1) is 0 Å². The van der Waals surface area contributed by atoms with Gasteiger partial charge < -0.3 is 5.32 Å². The van der Waals surface area contributed by atoms with Gasteiger partial charge in [0.2, 0.25) is 0 Å². The summed E-state index contributed by atoms with van der Waals surface area (Å²) in [5.41, 5.74) is 0. The van der Waals surface area contributed by atoms with Gasteiger partial charge in [-0.1, -0.05) is 0 Å². The zero-order valence-electron chi connectivity index (χ0n) is 5.98. The van der Waals surface area contributed by atoms with Gasteiger partial charge in [-0.3, -0.25) is 0 Å². The van der Waals surface area contributed by atoms with Crippen LogP contribution in [0.5, 0.6) is 0 Å². The summed E-state index contributed by atoms with van der Waals surface area (Å²) in [4.78, 5) is 0. The first-order valence-electron chi connectivity index (χ1n) is 2.72. The van der Waals surface area contributed by atoms with Crippen LogP contribution in [0.1, 0.15) is 0 Å². The molecule has 0 aromatic carbocycles. The highest BCUT2D eigenvalue weighted by Crippen LogP contribution is 1.83. The van der Waals surface area contributed by atoms with E-state index in [1.165, 1.54) is 0 Å². The zero-order valence-corrected chi connectivity index (χ0v) is 6.74. The third kappa shape index (κ3) is 4.03. The molecule has 52 valence electrons. The maximum Gasteiger partial charge on any atom is 0.270 e. The highest BCUT2D eigenvalue weighted by atomic mass is 35.5. The molecule has 9 heavy (non-hydrogen) atoms. The van der Waals surface area contributed by atoms with Crippen molar-refractivity contribution in [1.29, 1.82) is 0 Å². The number of hydrogen-bond acceptors (Lipinski definition) is 1. The van der Waals surface area contributed by atoms with Gasteiger partial charge in [-0.25, -0.2) is 4.58 Å². The Labute approximate surface area is 60.8 Å². The van der Waals surface area contributed by atoms with Crippen molar-refractivity contribution < 1.29 is 4.58 Å². The maximum atomic E-state index is 5.71. The second-order valence-electron chi connectivity index (χ2n) is 1.84. The first-order chi connectivity index (χ1) is 4.18. The SMILES string of the molecule is CN/C=C/C(Cl)=[N+](C)C. The van der Waals surface area contributed by atoms with Gasteiger partial charge in [0.25, 0.3) is 5.17 Å². The fourth-order valence-electron chi connectivity index (χ4n) is 0.301. The fourth-order valence-corrected chi connectivity index (χ4v) is 0.364. The third-order valence-electron chi connectivity index (χ3n) is 0.815. The van der Waals surface area contributed by atoms with E-state index in [1.807, 2.05) is 25.7 Å². The third-order valence-corrected chi connectivity index (χ3v) is 1.28. The number of nitrogens with one attached hydrogen (secondary N) is 1. The highest BCUT2D eigenvalue weighted by molar-refractivity contribution is 6.66. The first kappa shape index (κ1) is 8.50. The van der Waals surface area contributed by atoms with Gasteiger partial charge in [0.1, 0.15) is 14.1 Å². The Balaban J connectivity index is 3.91. The summed E-state index contributed by atoms with van der Waals surface area (Å²) < 4.78 is 1.83. The number of allylic oxidation sites excluding steroid dienone is 1. The summed E-state index contributed by atoms with van der Waals surface area (Å²) >= 11 is 5.71. The van der Waals surface area contributed by atoms with Gasteiger partial charge in [0.15, 0.2) is 0 Å². The Bertz CT molecular complexity index is 134. The van der Waals surface area contributed by atoms with Gasteiger partial charge in [-0.05, 0) is 11.6 Å². The summed E-state index contributed by atoms with van der Waals surface area (Å²) in [5, 5.41) is 3.55. The van der Waals surface area contributed by atoms with Crippen LogP contribution in [0.4, 0.5) is 0 Å². The molecule has 0 heterocycles. The van der Waals surface area contributed by atoms with Crippen LogP contribution < -0.4 is 5.32 Å². The van der Waals surface area contributed by atoms with Crippen LogP contribution in [0.3, 0.4) is 0 Å². The van der Waals surface area contributed by atoms with Crippen LogP contribution in [0.2, 0.25) is 0 Å². The van der Waals surface area contributed by atoms with Crippen molar-refractivity contribution in [3.8, 4) is 0 Å². The maximum absolute atomic E-state index is 5.71. The van der Waals surface area contributed by atoms with Crippen LogP contribution in [0.25, 0.3) is 0 Å². The lowest BCUT2D eigenvalue weighted by Crippen LogP contribution is -2.05. The lowest BCUT2D eigenvalue weighted by atomic mass is 10.6. The Hall–Kier alpha value is -0.500. The van der Waals surface area contributed by atoms with E-state index in [9.17, 15) is 0 Å². The smallest absolute Gasteiger partial charge is 0.270 e. The van der Waals surface area contributed by atoms with E-state index in [4.69, 9.17) is 11.6 Å². The molecule has 0 rings (SSSR count). The van der Waals surface area contributed by atoms with E-state index in [-0.39, 0.29) is 0 Å². The van der Waals surface area contributed by atoms with Crippen molar-refractivity contribution in [2.24, 2.45) is 0 Å². The van der Waals surface area contributed by atoms with Crippen molar-refractivity contribution in [3.05, 3.63) is 12.3 Å². The molecule has 3 heteroatoms. The minimum absolute atomic E-state index is 0.712. The normalized spacial score (nSPS) is 9.78. The molecule has 2 nitrogen and oxygen atoms in total. The quantitative estimate of drug-likeness (QED) is 0.447. The molecule has 0 aliphatic carbocycles. The second-order valence-corrected chi connectivity index (χ2v) is 2.23. The molecular weight excluding hydrogens is 136 g/mol. The lowest BCUT2D eigenvalue weighted by Gasteiger charge is -1.86. The van der Waals surface area contributed by atoms with Crippen molar-refractivity contribution in [3.63, 3.8) is 0 Å². The highest BCUT2D eigenvalue weighted by Gasteiger charge is 1.93. The summed E-state index contributed by atoms with van der Waals surface area (Å²) in [6.07, 6.45) is 3.57. The van der Waals surface area contributed by atoms with Crippen LogP contribution >= 0.6 is 11.6 Å². The molecule has 0 saturated carbocycles. The van der Waals surface area contributed by atoms with E-state index in [0.29, 0.717) is 5.17 Å². The van der Waals surface area contributed by atoms with Gasteiger partial charge >= 0.3 is 0 Å². The van der Waals surface area contributed by atoms with E-state index >= 15 is 0 Å². The summed E-state index contributed by atoms with van der Waals surface area (Å²) in [5.74, 6) is 0. The average Bonchev–Trinajstić information content (AvgIpc) is 1.82. The monoisotopic (exact) mass is 147 g/mol. The predicted octanol–water partition coefficient (Wildman–Crippen LogP) is 0.629. The molecular formula is C6H12ClN2+. The van der Waals surface area contributed by atoms with Gasteiger partial charge in [-0.2, -0.15) is 0 Å². The van der Waals surface area contributed by atoms with E-state index in [1.54, 1.807) is 12.3 Å². The minimum atomic E-state index is 0.712. The topological polar surface area (TPSA) is 15.0 Å². The molecule has 0 unspecified atom stereocenters. The Morgan fingerprint density at radius 2 is 2.11 bits per heavy atom. The van der Waals surface area contributed by atoms with Crippen LogP contribution in [0, 0.1) is 0 Å². The largest absolute Gasteiger partial charge is 0.394 e. The second kappa shape index (κ2) is 4.39. The summed E-state index contributed by atoms with van der Waals surface area (Å²) in [6.45, 7) is 0. The van der Waals surface area contributed by atoms with Crippen molar-refractivity contribution in [2.45, 2.75) is 0 Å². The van der Waals surface area contributed by atoms with E-state index in [2.05, 4.69) is 5.32 Å². The lowest BCUT2D eigenvalue weighted by molar-refractivity contribution is -0.461. The molecule has 0 aromatic rings. The molecule has 0 amide bonds. The predicted molar refractivity (Wildman–Crippen MR) is 41.2 cm³/mol. The Morgan fingerprint density at radius 1 is 1.56 bits per heavy atom.